The smallest absolute Gasteiger partial charge is 0.264 e. The van der Waals surface area contributed by atoms with E-state index >= 15 is 0 Å². The van der Waals surface area contributed by atoms with Crippen LogP contribution in [0.2, 0.25) is 10.0 Å². The van der Waals surface area contributed by atoms with Crippen molar-refractivity contribution in [2.75, 3.05) is 17.4 Å². The Hall–Kier alpha value is -3.07. The molecule has 0 radical (unpaired) electrons. The van der Waals surface area contributed by atoms with Gasteiger partial charge in [-0.05, 0) is 67.6 Å². The molecule has 0 saturated carbocycles. The van der Waals surface area contributed by atoms with Crippen LogP contribution in [0.5, 0.6) is 0 Å². The van der Waals surface area contributed by atoms with Crippen LogP contribution in [0.25, 0.3) is 0 Å². The van der Waals surface area contributed by atoms with Crippen molar-refractivity contribution in [2.24, 2.45) is 5.92 Å². The number of hydrogen-bond acceptors (Lipinski definition) is 4. The molecule has 0 spiro atoms. The Morgan fingerprint density at radius 2 is 1.63 bits per heavy atom. The fourth-order valence-corrected chi connectivity index (χ4v) is 6.46. The number of rotatable bonds is 12. The lowest BCUT2D eigenvalue weighted by Gasteiger charge is -2.34. The quantitative estimate of drug-likeness (QED) is 0.255. The Labute approximate surface area is 253 Å². The summed E-state index contributed by atoms with van der Waals surface area (Å²) in [5.41, 5.74) is 2.63. The predicted molar refractivity (Wildman–Crippen MR) is 166 cm³/mol. The molecule has 10 heteroatoms. The van der Waals surface area contributed by atoms with Gasteiger partial charge in [-0.15, -0.1) is 0 Å². The molecule has 0 fully saturated rings. The van der Waals surface area contributed by atoms with Gasteiger partial charge in [-0.1, -0.05) is 85.9 Å². The number of amides is 2. The van der Waals surface area contributed by atoms with E-state index in [9.17, 15) is 18.0 Å². The van der Waals surface area contributed by atoms with Crippen LogP contribution < -0.4 is 9.62 Å². The third-order valence-electron chi connectivity index (χ3n) is 6.66. The molecule has 1 unspecified atom stereocenters. The predicted octanol–water partition coefficient (Wildman–Crippen LogP) is 6.39. The molecule has 41 heavy (non-hydrogen) atoms. The van der Waals surface area contributed by atoms with E-state index in [1.807, 2.05) is 33.8 Å². The SMILES string of the molecule is CCC(C(=O)NCC(C)C)N(Cc1ccc(Cl)cc1Cl)C(=O)CN(c1ccc(C)cc1C)S(=O)(=O)c1ccccc1. The number of benzene rings is 3. The summed E-state index contributed by atoms with van der Waals surface area (Å²) in [4.78, 5) is 29.0. The monoisotopic (exact) mass is 617 g/mol. The van der Waals surface area contributed by atoms with Crippen LogP contribution >= 0.6 is 23.2 Å². The van der Waals surface area contributed by atoms with Gasteiger partial charge in [-0.3, -0.25) is 13.9 Å². The molecule has 1 N–H and O–H groups in total. The Kier molecular flexibility index (Phi) is 11.2. The van der Waals surface area contributed by atoms with Crippen LogP contribution in [-0.2, 0) is 26.2 Å². The van der Waals surface area contributed by atoms with Gasteiger partial charge in [-0.2, -0.15) is 0 Å². The molecular formula is C31H37Cl2N3O4S. The van der Waals surface area contributed by atoms with E-state index in [1.165, 1.54) is 17.0 Å². The summed E-state index contributed by atoms with van der Waals surface area (Å²) >= 11 is 12.6. The number of anilines is 1. The lowest BCUT2D eigenvalue weighted by molar-refractivity contribution is -0.140. The lowest BCUT2D eigenvalue weighted by atomic mass is 10.1. The molecule has 0 heterocycles. The van der Waals surface area contributed by atoms with E-state index in [-0.39, 0.29) is 23.3 Å². The van der Waals surface area contributed by atoms with E-state index in [2.05, 4.69) is 5.32 Å². The van der Waals surface area contributed by atoms with Crippen molar-refractivity contribution in [3.8, 4) is 0 Å². The number of sulfonamides is 1. The maximum Gasteiger partial charge on any atom is 0.264 e. The summed E-state index contributed by atoms with van der Waals surface area (Å²) < 4.78 is 29.1. The van der Waals surface area contributed by atoms with Gasteiger partial charge in [0.15, 0.2) is 0 Å². The number of carbonyl (C=O) groups is 2. The second-order valence-electron chi connectivity index (χ2n) is 10.4. The highest BCUT2D eigenvalue weighted by atomic mass is 35.5. The fraction of sp³-hybridized carbons (Fsp3) is 0.355. The molecule has 0 saturated heterocycles. The normalized spacial score (nSPS) is 12.2. The van der Waals surface area contributed by atoms with Crippen LogP contribution in [0.4, 0.5) is 5.69 Å². The van der Waals surface area contributed by atoms with Crippen molar-refractivity contribution in [1.82, 2.24) is 10.2 Å². The van der Waals surface area contributed by atoms with Gasteiger partial charge >= 0.3 is 0 Å². The van der Waals surface area contributed by atoms with E-state index in [0.29, 0.717) is 39.8 Å². The van der Waals surface area contributed by atoms with Crippen LogP contribution in [0.15, 0.2) is 71.6 Å². The lowest BCUT2D eigenvalue weighted by Crippen LogP contribution is -2.52. The standard InChI is InChI=1S/C31H37Cl2N3O4S/c1-6-28(31(38)34-18-21(2)3)35(19-24-13-14-25(32)17-27(24)33)30(37)20-36(29-15-12-22(4)16-23(29)5)41(39,40)26-10-8-7-9-11-26/h7-17,21,28H,6,18-20H2,1-5H3,(H,34,38). The molecule has 220 valence electrons. The first kappa shape index (κ1) is 32.4. The molecule has 0 aromatic heterocycles. The number of aryl methyl sites for hydroxylation is 2. The van der Waals surface area contributed by atoms with Crippen LogP contribution in [-0.4, -0.2) is 44.3 Å². The summed E-state index contributed by atoms with van der Waals surface area (Å²) in [6.45, 7) is 9.41. The zero-order chi connectivity index (χ0) is 30.3. The molecule has 3 aromatic carbocycles. The summed E-state index contributed by atoms with van der Waals surface area (Å²) in [6, 6.07) is 17.4. The number of hydrogen-bond donors (Lipinski definition) is 1. The molecule has 0 aliphatic rings. The summed E-state index contributed by atoms with van der Waals surface area (Å²) in [6.07, 6.45) is 0.315. The summed E-state index contributed by atoms with van der Waals surface area (Å²) in [5.74, 6) is -0.645. The van der Waals surface area contributed by atoms with Crippen molar-refractivity contribution in [3.05, 3.63) is 93.5 Å². The summed E-state index contributed by atoms with van der Waals surface area (Å²) in [7, 11) is -4.14. The molecule has 7 nitrogen and oxygen atoms in total. The van der Waals surface area contributed by atoms with Crippen molar-refractivity contribution in [2.45, 2.75) is 58.5 Å². The molecule has 0 aliphatic carbocycles. The van der Waals surface area contributed by atoms with Gasteiger partial charge in [0.2, 0.25) is 11.8 Å². The minimum Gasteiger partial charge on any atom is -0.354 e. The zero-order valence-electron chi connectivity index (χ0n) is 24.0. The van der Waals surface area contributed by atoms with Crippen molar-refractivity contribution < 1.29 is 18.0 Å². The zero-order valence-corrected chi connectivity index (χ0v) is 26.4. The van der Waals surface area contributed by atoms with Crippen LogP contribution in [0.1, 0.15) is 43.9 Å². The molecule has 2 amide bonds. The third-order valence-corrected chi connectivity index (χ3v) is 9.02. The minimum absolute atomic E-state index is 0.00541. The second-order valence-corrected chi connectivity index (χ2v) is 13.1. The number of nitrogens with zero attached hydrogens (tertiary/aromatic N) is 2. The second kappa shape index (κ2) is 14.2. The molecule has 3 aromatic rings. The first-order valence-corrected chi connectivity index (χ1v) is 15.7. The Morgan fingerprint density at radius 1 is 0.951 bits per heavy atom. The van der Waals surface area contributed by atoms with Crippen molar-refractivity contribution in [3.63, 3.8) is 0 Å². The van der Waals surface area contributed by atoms with Crippen molar-refractivity contribution >= 4 is 50.7 Å². The first-order chi connectivity index (χ1) is 19.3. The Bertz CT molecular complexity index is 1480. The van der Waals surface area contributed by atoms with Gasteiger partial charge in [-0.25, -0.2) is 8.42 Å². The largest absolute Gasteiger partial charge is 0.354 e. The molecular weight excluding hydrogens is 581 g/mol. The maximum absolute atomic E-state index is 14.2. The topological polar surface area (TPSA) is 86.8 Å². The number of halogens is 2. The summed E-state index contributed by atoms with van der Waals surface area (Å²) in [5, 5.41) is 3.70. The van der Waals surface area contributed by atoms with Gasteiger partial charge in [0, 0.05) is 23.1 Å². The molecule has 0 bridgehead atoms. The highest BCUT2D eigenvalue weighted by molar-refractivity contribution is 7.92. The number of nitrogens with one attached hydrogen (secondary N) is 1. The molecule has 1 atom stereocenters. The fourth-order valence-electron chi connectivity index (χ4n) is 4.49. The van der Waals surface area contributed by atoms with Crippen LogP contribution in [0, 0.1) is 19.8 Å². The molecule has 3 rings (SSSR count). The highest BCUT2D eigenvalue weighted by Crippen LogP contribution is 2.29. The van der Waals surface area contributed by atoms with Gasteiger partial charge in [0.25, 0.3) is 10.0 Å². The van der Waals surface area contributed by atoms with E-state index in [0.717, 1.165) is 9.87 Å². The third kappa shape index (κ3) is 8.24. The van der Waals surface area contributed by atoms with E-state index in [1.54, 1.807) is 55.5 Å². The van der Waals surface area contributed by atoms with Crippen molar-refractivity contribution in [1.29, 1.82) is 0 Å². The van der Waals surface area contributed by atoms with E-state index in [4.69, 9.17) is 23.2 Å². The highest BCUT2D eigenvalue weighted by Gasteiger charge is 2.34. The number of carbonyl (C=O) groups excluding carboxylic acids is 2. The maximum atomic E-state index is 14.2. The average Bonchev–Trinajstić information content (AvgIpc) is 2.92. The average molecular weight is 619 g/mol. The molecule has 0 aliphatic heterocycles. The van der Waals surface area contributed by atoms with Gasteiger partial charge < -0.3 is 10.2 Å². The van der Waals surface area contributed by atoms with Gasteiger partial charge in [0.05, 0.1) is 10.6 Å². The van der Waals surface area contributed by atoms with E-state index < -0.39 is 28.5 Å². The minimum atomic E-state index is -4.14. The Balaban J connectivity index is 2.09. The van der Waals surface area contributed by atoms with Gasteiger partial charge in [0.1, 0.15) is 12.6 Å². The Morgan fingerprint density at radius 3 is 2.22 bits per heavy atom. The van der Waals surface area contributed by atoms with Crippen LogP contribution in [0.3, 0.4) is 0 Å². The first-order valence-electron chi connectivity index (χ1n) is 13.5.